The molecule has 1 N–H and O–H groups in total. The van der Waals surface area contributed by atoms with Crippen LogP contribution < -0.4 is 14.8 Å². The molecule has 2 aliphatic rings. The van der Waals surface area contributed by atoms with Crippen LogP contribution in [0.4, 0.5) is 5.69 Å². The first-order chi connectivity index (χ1) is 12.8. The highest BCUT2D eigenvalue weighted by Crippen LogP contribution is 2.34. The third-order valence-corrected chi connectivity index (χ3v) is 5.13. The summed E-state index contributed by atoms with van der Waals surface area (Å²) in [6, 6.07) is 15.8. The van der Waals surface area contributed by atoms with Crippen LogP contribution in [0, 0.1) is 0 Å². The lowest BCUT2D eigenvalue weighted by atomic mass is 9.99. The van der Waals surface area contributed by atoms with E-state index in [9.17, 15) is 4.79 Å². The third-order valence-electron chi connectivity index (χ3n) is 5.13. The molecule has 4 nitrogen and oxygen atoms in total. The lowest BCUT2D eigenvalue weighted by Gasteiger charge is -2.12. The Morgan fingerprint density at radius 3 is 2.58 bits per heavy atom. The summed E-state index contributed by atoms with van der Waals surface area (Å²) < 4.78 is 11.4. The van der Waals surface area contributed by atoms with Gasteiger partial charge in [-0.2, -0.15) is 0 Å². The molecule has 0 fully saturated rings. The molecule has 1 heterocycles. The molecule has 3 aromatic rings. The molecule has 130 valence electrons. The standard InChI is InChI=1S/C22H19NO3/c24-22(23-16-8-10-19-20(13-16)26-12-2-11-25-19)18-9-7-15-6-5-14-3-1-4-17(18)21(14)15/h1,3-4,7-10,13H,2,5-6,11-12H2,(H,23,24). The number of anilines is 1. The van der Waals surface area contributed by atoms with Gasteiger partial charge in [-0.05, 0) is 52.9 Å². The summed E-state index contributed by atoms with van der Waals surface area (Å²) in [6.45, 7) is 1.28. The van der Waals surface area contributed by atoms with Crippen LogP contribution in [0.1, 0.15) is 27.9 Å². The van der Waals surface area contributed by atoms with Gasteiger partial charge in [0.05, 0.1) is 13.2 Å². The van der Waals surface area contributed by atoms with E-state index in [1.54, 1.807) is 0 Å². The number of ether oxygens (including phenoxy) is 2. The van der Waals surface area contributed by atoms with Crippen LogP contribution in [-0.4, -0.2) is 19.1 Å². The molecule has 3 aromatic carbocycles. The second-order valence-corrected chi connectivity index (χ2v) is 6.78. The summed E-state index contributed by atoms with van der Waals surface area (Å²) in [6.07, 6.45) is 2.97. The quantitative estimate of drug-likeness (QED) is 0.751. The number of benzene rings is 3. The summed E-state index contributed by atoms with van der Waals surface area (Å²) >= 11 is 0. The van der Waals surface area contributed by atoms with Crippen LogP contribution in [0.15, 0.2) is 48.5 Å². The molecule has 0 spiro atoms. The number of carbonyl (C=O) groups excluding carboxylic acids is 1. The number of hydrogen-bond acceptors (Lipinski definition) is 3. The number of aryl methyl sites for hydroxylation is 2. The van der Waals surface area contributed by atoms with Crippen molar-refractivity contribution < 1.29 is 14.3 Å². The van der Waals surface area contributed by atoms with Gasteiger partial charge >= 0.3 is 0 Å². The second kappa shape index (κ2) is 6.06. The molecule has 0 saturated heterocycles. The molecule has 0 aromatic heterocycles. The van der Waals surface area contributed by atoms with E-state index in [-0.39, 0.29) is 5.91 Å². The zero-order valence-electron chi connectivity index (χ0n) is 14.4. The molecular weight excluding hydrogens is 326 g/mol. The van der Waals surface area contributed by atoms with Crippen LogP contribution in [0.5, 0.6) is 11.5 Å². The minimum absolute atomic E-state index is 0.102. The van der Waals surface area contributed by atoms with Crippen molar-refractivity contribution in [1.29, 1.82) is 0 Å². The van der Waals surface area contributed by atoms with E-state index < -0.39 is 0 Å². The van der Waals surface area contributed by atoms with E-state index in [2.05, 4.69) is 17.4 Å². The first-order valence-electron chi connectivity index (χ1n) is 9.04. The summed E-state index contributed by atoms with van der Waals surface area (Å²) in [7, 11) is 0. The molecule has 0 radical (unpaired) electrons. The monoisotopic (exact) mass is 345 g/mol. The Hall–Kier alpha value is -3.01. The largest absolute Gasteiger partial charge is 0.490 e. The molecule has 5 rings (SSSR count). The maximum atomic E-state index is 12.9. The van der Waals surface area contributed by atoms with E-state index in [1.165, 1.54) is 16.5 Å². The summed E-state index contributed by atoms with van der Waals surface area (Å²) in [5.41, 5.74) is 4.09. The Balaban J connectivity index is 1.48. The Morgan fingerprint density at radius 2 is 1.69 bits per heavy atom. The van der Waals surface area contributed by atoms with Gasteiger partial charge in [0, 0.05) is 23.7 Å². The number of carbonyl (C=O) groups is 1. The van der Waals surface area contributed by atoms with Gasteiger partial charge in [-0.3, -0.25) is 4.79 Å². The van der Waals surface area contributed by atoms with Gasteiger partial charge in [-0.25, -0.2) is 0 Å². The zero-order valence-corrected chi connectivity index (χ0v) is 14.4. The minimum Gasteiger partial charge on any atom is -0.490 e. The summed E-state index contributed by atoms with van der Waals surface area (Å²) in [5.74, 6) is 1.31. The normalized spacial score (nSPS) is 14.9. The van der Waals surface area contributed by atoms with Crippen molar-refractivity contribution in [2.24, 2.45) is 0 Å². The molecule has 0 atom stereocenters. The highest BCUT2D eigenvalue weighted by atomic mass is 16.5. The van der Waals surface area contributed by atoms with Gasteiger partial charge in [0.15, 0.2) is 11.5 Å². The molecule has 1 aliphatic carbocycles. The number of rotatable bonds is 2. The van der Waals surface area contributed by atoms with Crippen molar-refractivity contribution >= 4 is 22.4 Å². The molecule has 4 heteroatoms. The van der Waals surface area contributed by atoms with Gasteiger partial charge in [-0.1, -0.05) is 24.3 Å². The Morgan fingerprint density at radius 1 is 0.885 bits per heavy atom. The predicted octanol–water partition coefficient (Wildman–Crippen LogP) is 4.35. The molecule has 26 heavy (non-hydrogen) atoms. The Bertz CT molecular complexity index is 1020. The van der Waals surface area contributed by atoms with Crippen molar-refractivity contribution in [1.82, 2.24) is 0 Å². The van der Waals surface area contributed by atoms with Crippen LogP contribution in [0.25, 0.3) is 10.8 Å². The molecule has 1 aliphatic heterocycles. The fourth-order valence-electron chi connectivity index (χ4n) is 3.88. The average molecular weight is 345 g/mol. The lowest BCUT2D eigenvalue weighted by Crippen LogP contribution is -2.12. The number of fused-ring (bicyclic) bond motifs is 1. The molecule has 1 amide bonds. The Labute approximate surface area is 151 Å². The summed E-state index contributed by atoms with van der Waals surface area (Å²) in [4.78, 5) is 12.9. The van der Waals surface area contributed by atoms with Crippen molar-refractivity contribution in [3.63, 3.8) is 0 Å². The van der Waals surface area contributed by atoms with Crippen LogP contribution >= 0.6 is 0 Å². The van der Waals surface area contributed by atoms with E-state index in [0.717, 1.165) is 30.4 Å². The first kappa shape index (κ1) is 15.3. The number of hydrogen-bond donors (Lipinski definition) is 1. The van der Waals surface area contributed by atoms with E-state index in [0.29, 0.717) is 30.2 Å². The Kier molecular flexibility index (Phi) is 3.56. The van der Waals surface area contributed by atoms with Crippen LogP contribution in [-0.2, 0) is 12.8 Å². The van der Waals surface area contributed by atoms with Crippen molar-refractivity contribution in [2.75, 3.05) is 18.5 Å². The molecule has 0 unspecified atom stereocenters. The highest BCUT2D eigenvalue weighted by molar-refractivity contribution is 6.14. The van der Waals surface area contributed by atoms with Gasteiger partial charge in [0.1, 0.15) is 0 Å². The van der Waals surface area contributed by atoms with E-state index >= 15 is 0 Å². The first-order valence-corrected chi connectivity index (χ1v) is 9.04. The number of amides is 1. The van der Waals surface area contributed by atoms with Gasteiger partial charge in [-0.15, -0.1) is 0 Å². The zero-order chi connectivity index (χ0) is 17.5. The summed E-state index contributed by atoms with van der Waals surface area (Å²) in [5, 5.41) is 5.29. The van der Waals surface area contributed by atoms with Crippen molar-refractivity contribution in [3.8, 4) is 11.5 Å². The predicted molar refractivity (Wildman–Crippen MR) is 101 cm³/mol. The van der Waals surface area contributed by atoms with Crippen molar-refractivity contribution in [2.45, 2.75) is 19.3 Å². The van der Waals surface area contributed by atoms with Crippen LogP contribution in [0.3, 0.4) is 0 Å². The lowest BCUT2D eigenvalue weighted by molar-refractivity contribution is 0.102. The smallest absolute Gasteiger partial charge is 0.256 e. The molecule has 0 saturated carbocycles. The SMILES string of the molecule is O=C(Nc1ccc2c(c1)OCCCO2)c1ccc2c3c(cccc13)CC2. The minimum atomic E-state index is -0.102. The fraction of sp³-hybridized carbons (Fsp3) is 0.227. The third kappa shape index (κ3) is 2.49. The maximum absolute atomic E-state index is 12.9. The average Bonchev–Trinajstić information content (AvgIpc) is 2.94. The second-order valence-electron chi connectivity index (χ2n) is 6.78. The topological polar surface area (TPSA) is 47.6 Å². The van der Waals surface area contributed by atoms with Crippen LogP contribution in [0.2, 0.25) is 0 Å². The van der Waals surface area contributed by atoms with E-state index in [4.69, 9.17) is 9.47 Å². The highest BCUT2D eigenvalue weighted by Gasteiger charge is 2.19. The van der Waals surface area contributed by atoms with Gasteiger partial charge < -0.3 is 14.8 Å². The maximum Gasteiger partial charge on any atom is 0.256 e. The fourth-order valence-corrected chi connectivity index (χ4v) is 3.88. The van der Waals surface area contributed by atoms with Gasteiger partial charge in [0.2, 0.25) is 0 Å². The van der Waals surface area contributed by atoms with Gasteiger partial charge in [0.25, 0.3) is 5.91 Å². The number of nitrogens with one attached hydrogen (secondary N) is 1. The van der Waals surface area contributed by atoms with Crippen molar-refractivity contribution in [3.05, 3.63) is 65.2 Å². The molecular formula is C22H19NO3. The van der Waals surface area contributed by atoms with E-state index in [1.807, 2.05) is 36.4 Å². The molecule has 0 bridgehead atoms.